The van der Waals surface area contributed by atoms with Crippen LogP contribution in [0.2, 0.25) is 5.02 Å². The molecule has 0 fully saturated rings. The largest absolute Gasteiger partial charge is 0.507 e. The van der Waals surface area contributed by atoms with Gasteiger partial charge in [0.05, 0.1) is 5.56 Å². The Morgan fingerprint density at radius 1 is 1.05 bits per heavy atom. The number of carbonyl (C=O) groups excluding carboxylic acids is 2. The molecule has 0 radical (unpaired) electrons. The third-order valence-electron chi connectivity index (χ3n) is 2.62. The van der Waals surface area contributed by atoms with Crippen molar-refractivity contribution in [3.63, 3.8) is 0 Å². The molecule has 0 bridgehead atoms. The van der Waals surface area contributed by atoms with Crippen LogP contribution in [-0.4, -0.2) is 16.9 Å². The van der Waals surface area contributed by atoms with Crippen molar-refractivity contribution in [2.45, 2.75) is 0 Å². The molecule has 2 aromatic rings. The van der Waals surface area contributed by atoms with Crippen molar-refractivity contribution < 1.29 is 23.5 Å². The predicted octanol–water partition coefficient (Wildman–Crippen LogP) is 2.89. The summed E-state index contributed by atoms with van der Waals surface area (Å²) in [5.74, 6) is -4.90. The van der Waals surface area contributed by atoms with Gasteiger partial charge in [-0.05, 0) is 30.3 Å². The normalized spacial score (nSPS) is 10.2. The highest BCUT2D eigenvalue weighted by molar-refractivity contribution is 6.31. The molecule has 0 aliphatic rings. The van der Waals surface area contributed by atoms with Gasteiger partial charge in [0.25, 0.3) is 11.8 Å². The lowest BCUT2D eigenvalue weighted by Crippen LogP contribution is -2.31. The van der Waals surface area contributed by atoms with E-state index in [1.807, 2.05) is 0 Å². The smallest absolute Gasteiger partial charge is 0.264 e. The zero-order valence-electron chi connectivity index (χ0n) is 10.4. The van der Waals surface area contributed by atoms with E-state index in [1.165, 1.54) is 6.07 Å². The van der Waals surface area contributed by atoms with Crippen LogP contribution in [0.5, 0.6) is 5.75 Å². The van der Waals surface area contributed by atoms with Gasteiger partial charge in [-0.2, -0.15) is 0 Å². The molecule has 7 heteroatoms. The van der Waals surface area contributed by atoms with E-state index in [0.29, 0.717) is 0 Å². The van der Waals surface area contributed by atoms with Gasteiger partial charge in [0.15, 0.2) is 0 Å². The van der Waals surface area contributed by atoms with Crippen molar-refractivity contribution in [3.05, 3.63) is 64.2 Å². The van der Waals surface area contributed by atoms with Gasteiger partial charge in [-0.25, -0.2) is 8.78 Å². The lowest BCUT2D eigenvalue weighted by atomic mass is 10.1. The summed E-state index contributed by atoms with van der Waals surface area (Å²) in [5, 5.41) is 11.5. The van der Waals surface area contributed by atoms with Gasteiger partial charge >= 0.3 is 0 Å². The van der Waals surface area contributed by atoms with E-state index in [4.69, 9.17) is 11.6 Å². The summed E-state index contributed by atoms with van der Waals surface area (Å²) < 4.78 is 26.8. The van der Waals surface area contributed by atoms with Crippen LogP contribution >= 0.6 is 11.6 Å². The fraction of sp³-hybridized carbons (Fsp3) is 0. The molecule has 2 amide bonds. The van der Waals surface area contributed by atoms with Crippen LogP contribution in [0.4, 0.5) is 8.78 Å². The first-order valence-electron chi connectivity index (χ1n) is 5.68. The molecule has 0 saturated carbocycles. The second-order valence-corrected chi connectivity index (χ2v) is 4.48. The van der Waals surface area contributed by atoms with Crippen molar-refractivity contribution in [1.29, 1.82) is 0 Å². The van der Waals surface area contributed by atoms with Gasteiger partial charge in [0.2, 0.25) is 0 Å². The molecule has 0 saturated heterocycles. The number of nitrogens with one attached hydrogen (secondary N) is 1. The second-order valence-electron chi connectivity index (χ2n) is 4.04. The zero-order valence-corrected chi connectivity index (χ0v) is 11.1. The average Bonchev–Trinajstić information content (AvgIpc) is 2.41. The molecule has 0 unspecified atom stereocenters. The maximum absolute atomic E-state index is 13.4. The number of hydrogen-bond donors (Lipinski definition) is 2. The van der Waals surface area contributed by atoms with Crippen molar-refractivity contribution in [2.75, 3.05) is 0 Å². The Morgan fingerprint density at radius 3 is 2.29 bits per heavy atom. The second kappa shape index (κ2) is 5.88. The van der Waals surface area contributed by atoms with E-state index in [1.54, 1.807) is 5.32 Å². The van der Waals surface area contributed by atoms with Gasteiger partial charge in [0, 0.05) is 5.02 Å². The lowest BCUT2D eigenvalue weighted by molar-refractivity contribution is 0.0843. The lowest BCUT2D eigenvalue weighted by Gasteiger charge is -2.07. The molecule has 0 aliphatic carbocycles. The number of amides is 2. The van der Waals surface area contributed by atoms with Gasteiger partial charge in [-0.15, -0.1) is 0 Å². The number of rotatable bonds is 2. The van der Waals surface area contributed by atoms with E-state index in [-0.39, 0.29) is 10.6 Å². The number of hydrogen-bond acceptors (Lipinski definition) is 3. The Labute approximate surface area is 123 Å². The summed E-state index contributed by atoms with van der Waals surface area (Å²) in [4.78, 5) is 23.6. The molecule has 0 atom stereocenters. The molecule has 0 aromatic heterocycles. The SMILES string of the molecule is O=C(NC(=O)c1c(F)cccc1F)c1cc(Cl)ccc1O. The van der Waals surface area contributed by atoms with Gasteiger partial charge in [-0.1, -0.05) is 17.7 Å². The van der Waals surface area contributed by atoms with Crippen molar-refractivity contribution in [3.8, 4) is 5.75 Å². The fourth-order valence-electron chi connectivity index (χ4n) is 1.64. The third kappa shape index (κ3) is 3.17. The Morgan fingerprint density at radius 2 is 1.67 bits per heavy atom. The number of carbonyl (C=O) groups is 2. The molecular weight excluding hydrogens is 304 g/mol. The third-order valence-corrected chi connectivity index (χ3v) is 2.86. The van der Waals surface area contributed by atoms with Gasteiger partial charge in [-0.3, -0.25) is 14.9 Å². The van der Waals surface area contributed by atoms with Crippen LogP contribution in [-0.2, 0) is 0 Å². The molecule has 0 spiro atoms. The molecule has 0 aliphatic heterocycles. The van der Waals surface area contributed by atoms with Gasteiger partial charge < -0.3 is 5.11 Å². The summed E-state index contributed by atoms with van der Waals surface area (Å²) in [6.45, 7) is 0. The highest BCUT2D eigenvalue weighted by Gasteiger charge is 2.21. The predicted molar refractivity (Wildman–Crippen MR) is 71.3 cm³/mol. The van der Waals surface area contributed by atoms with Crippen LogP contribution in [0.25, 0.3) is 0 Å². The highest BCUT2D eigenvalue weighted by atomic mass is 35.5. The van der Waals surface area contributed by atoms with E-state index in [2.05, 4.69) is 0 Å². The Bertz CT molecular complexity index is 714. The molecule has 108 valence electrons. The van der Waals surface area contributed by atoms with Gasteiger partial charge in [0.1, 0.15) is 22.9 Å². The minimum Gasteiger partial charge on any atom is -0.507 e. The van der Waals surface area contributed by atoms with E-state index in [9.17, 15) is 23.5 Å². The number of phenols is 1. The zero-order chi connectivity index (χ0) is 15.6. The summed E-state index contributed by atoms with van der Waals surface area (Å²) in [7, 11) is 0. The summed E-state index contributed by atoms with van der Waals surface area (Å²) in [5.41, 5.74) is -1.17. The van der Waals surface area contributed by atoms with Crippen molar-refractivity contribution >= 4 is 23.4 Å². The first-order valence-corrected chi connectivity index (χ1v) is 6.06. The maximum atomic E-state index is 13.4. The minimum absolute atomic E-state index is 0.155. The first kappa shape index (κ1) is 14.9. The highest BCUT2D eigenvalue weighted by Crippen LogP contribution is 2.21. The van der Waals surface area contributed by atoms with E-state index >= 15 is 0 Å². The Balaban J connectivity index is 2.27. The van der Waals surface area contributed by atoms with E-state index < -0.39 is 34.8 Å². The molecule has 0 heterocycles. The standard InChI is InChI=1S/C14H8ClF2NO3/c15-7-4-5-11(19)8(6-7)13(20)18-14(21)12-9(16)2-1-3-10(12)17/h1-6,19H,(H,18,20,21). The van der Waals surface area contributed by atoms with Crippen LogP contribution in [0.1, 0.15) is 20.7 Å². The number of benzene rings is 2. The average molecular weight is 312 g/mol. The Kier molecular flexibility index (Phi) is 4.18. The molecule has 2 aromatic carbocycles. The maximum Gasteiger partial charge on any atom is 0.264 e. The van der Waals surface area contributed by atoms with Crippen LogP contribution in [0.3, 0.4) is 0 Å². The topological polar surface area (TPSA) is 66.4 Å². The number of halogens is 3. The molecule has 4 nitrogen and oxygen atoms in total. The fourth-order valence-corrected chi connectivity index (χ4v) is 1.81. The van der Waals surface area contributed by atoms with Crippen LogP contribution in [0, 0.1) is 11.6 Å². The monoisotopic (exact) mass is 311 g/mol. The molecule has 2 N–H and O–H groups in total. The number of phenolic OH excluding ortho intramolecular Hbond substituents is 1. The minimum atomic E-state index is -1.25. The summed E-state index contributed by atoms with van der Waals surface area (Å²) in [6, 6.07) is 6.49. The summed E-state index contributed by atoms with van der Waals surface area (Å²) >= 11 is 5.67. The first-order chi connectivity index (χ1) is 9.90. The number of aromatic hydroxyl groups is 1. The Hall–Kier alpha value is -2.47. The van der Waals surface area contributed by atoms with Crippen LogP contribution in [0.15, 0.2) is 36.4 Å². The number of imide groups is 1. The molecule has 2 rings (SSSR count). The van der Waals surface area contributed by atoms with Crippen molar-refractivity contribution in [2.24, 2.45) is 0 Å². The van der Waals surface area contributed by atoms with Crippen molar-refractivity contribution in [1.82, 2.24) is 5.32 Å². The quantitative estimate of drug-likeness (QED) is 0.838. The molecular formula is C14H8ClF2NO3. The van der Waals surface area contributed by atoms with Crippen LogP contribution < -0.4 is 5.32 Å². The molecule has 21 heavy (non-hydrogen) atoms. The van der Waals surface area contributed by atoms with E-state index in [0.717, 1.165) is 30.3 Å². The summed E-state index contributed by atoms with van der Waals surface area (Å²) in [6.07, 6.45) is 0.